The second kappa shape index (κ2) is 7.06. The first kappa shape index (κ1) is 17.2. The summed E-state index contributed by atoms with van der Waals surface area (Å²) in [5.74, 6) is 0. The van der Waals surface area contributed by atoms with Crippen molar-refractivity contribution in [2.24, 2.45) is 5.73 Å². The second-order valence-corrected chi connectivity index (χ2v) is 7.31. The van der Waals surface area contributed by atoms with Gasteiger partial charge in [0, 0.05) is 32.2 Å². The number of nitrogens with zero attached hydrogens (tertiary/aromatic N) is 2. The third-order valence-corrected chi connectivity index (χ3v) is 4.99. The molecule has 128 valence electrons. The number of nitrogens with two attached hydrogens (primary N) is 1. The summed E-state index contributed by atoms with van der Waals surface area (Å²) in [6, 6.07) is 13.7. The van der Waals surface area contributed by atoms with Crippen molar-refractivity contribution in [3.8, 4) is 0 Å². The van der Waals surface area contributed by atoms with Gasteiger partial charge in [0.1, 0.15) is 0 Å². The highest BCUT2D eigenvalue weighted by atomic mass is 15.6. The Bertz CT molecular complexity index is 662. The fourth-order valence-corrected chi connectivity index (χ4v) is 3.60. The highest BCUT2D eigenvalue weighted by Crippen LogP contribution is 2.21. The van der Waals surface area contributed by atoms with Crippen molar-refractivity contribution in [2.75, 3.05) is 13.1 Å². The summed E-state index contributed by atoms with van der Waals surface area (Å²) >= 11 is 0. The van der Waals surface area contributed by atoms with Crippen LogP contribution in [-0.4, -0.2) is 29.1 Å². The molecule has 3 nitrogen and oxygen atoms in total. The smallest absolute Gasteiger partial charge is 0.0387 e. The summed E-state index contributed by atoms with van der Waals surface area (Å²) < 4.78 is 0. The van der Waals surface area contributed by atoms with Gasteiger partial charge in [-0.15, -0.1) is 0 Å². The number of hydrogen-bond donors (Lipinski definition) is 1. The van der Waals surface area contributed by atoms with Crippen LogP contribution in [0.5, 0.6) is 0 Å². The van der Waals surface area contributed by atoms with E-state index in [1.165, 1.54) is 33.4 Å². The average molecular weight is 323 g/mol. The van der Waals surface area contributed by atoms with Gasteiger partial charge in [-0.2, -0.15) is 0 Å². The van der Waals surface area contributed by atoms with E-state index in [1.54, 1.807) is 0 Å². The van der Waals surface area contributed by atoms with Gasteiger partial charge >= 0.3 is 0 Å². The zero-order valence-corrected chi connectivity index (χ0v) is 15.3. The molecule has 0 bridgehead atoms. The van der Waals surface area contributed by atoms with Crippen molar-refractivity contribution in [1.29, 1.82) is 0 Å². The van der Waals surface area contributed by atoms with Gasteiger partial charge in [0.15, 0.2) is 0 Å². The van der Waals surface area contributed by atoms with Gasteiger partial charge in [-0.25, -0.2) is 10.0 Å². The number of benzene rings is 2. The van der Waals surface area contributed by atoms with Crippen molar-refractivity contribution in [1.82, 2.24) is 10.0 Å². The number of hydrogen-bond acceptors (Lipinski definition) is 3. The molecule has 2 aromatic rings. The molecular formula is C21H29N3. The zero-order valence-electron chi connectivity index (χ0n) is 15.3. The summed E-state index contributed by atoms with van der Waals surface area (Å²) in [4.78, 5) is 0. The van der Waals surface area contributed by atoms with Crippen LogP contribution in [0, 0.1) is 27.7 Å². The van der Waals surface area contributed by atoms with Gasteiger partial charge in [0.05, 0.1) is 0 Å². The molecule has 0 saturated carbocycles. The van der Waals surface area contributed by atoms with E-state index in [0.29, 0.717) is 0 Å². The van der Waals surface area contributed by atoms with Crippen molar-refractivity contribution in [3.05, 3.63) is 69.8 Å². The quantitative estimate of drug-likeness (QED) is 0.935. The summed E-state index contributed by atoms with van der Waals surface area (Å²) in [6.07, 6.45) is 0. The molecule has 0 unspecified atom stereocenters. The molecule has 0 aromatic heterocycles. The van der Waals surface area contributed by atoms with Crippen LogP contribution >= 0.6 is 0 Å². The van der Waals surface area contributed by atoms with Crippen molar-refractivity contribution in [3.63, 3.8) is 0 Å². The maximum absolute atomic E-state index is 6.26. The maximum atomic E-state index is 6.26. The first-order valence-corrected chi connectivity index (χ1v) is 8.80. The molecule has 0 amide bonds. The first-order chi connectivity index (χ1) is 11.4. The SMILES string of the molecule is Cc1ccc(CN2CC(N)CN2Cc2ccc(C)cc2C)c(C)c1. The lowest BCUT2D eigenvalue weighted by Crippen LogP contribution is -2.35. The van der Waals surface area contributed by atoms with E-state index < -0.39 is 0 Å². The minimum absolute atomic E-state index is 0.224. The van der Waals surface area contributed by atoms with E-state index in [9.17, 15) is 0 Å². The number of rotatable bonds is 4. The molecule has 2 N–H and O–H groups in total. The molecule has 3 rings (SSSR count). The highest BCUT2D eigenvalue weighted by molar-refractivity contribution is 5.31. The molecule has 3 heteroatoms. The normalized spacial score (nSPS) is 16.9. The largest absolute Gasteiger partial charge is 0.325 e. The minimum atomic E-state index is 0.224. The molecule has 0 radical (unpaired) electrons. The molecule has 2 aromatic carbocycles. The summed E-state index contributed by atoms with van der Waals surface area (Å²) in [7, 11) is 0. The average Bonchev–Trinajstić information content (AvgIpc) is 2.84. The Balaban J connectivity index is 1.76. The lowest BCUT2D eigenvalue weighted by atomic mass is 10.1. The van der Waals surface area contributed by atoms with Crippen molar-refractivity contribution >= 4 is 0 Å². The molecule has 24 heavy (non-hydrogen) atoms. The summed E-state index contributed by atoms with van der Waals surface area (Å²) in [5.41, 5.74) is 14.4. The maximum Gasteiger partial charge on any atom is 0.0387 e. The fraction of sp³-hybridized carbons (Fsp3) is 0.429. The molecule has 0 spiro atoms. The molecule has 1 aliphatic heterocycles. The Kier molecular flexibility index (Phi) is 5.04. The van der Waals surface area contributed by atoms with Crippen LogP contribution in [0.2, 0.25) is 0 Å². The van der Waals surface area contributed by atoms with E-state index in [2.05, 4.69) is 74.1 Å². The zero-order chi connectivity index (χ0) is 17.3. The number of hydrazine groups is 1. The Hall–Kier alpha value is -1.68. The third kappa shape index (κ3) is 3.86. The topological polar surface area (TPSA) is 32.5 Å². The molecule has 1 aliphatic rings. The Labute approximate surface area is 146 Å². The van der Waals surface area contributed by atoms with Crippen LogP contribution in [0.1, 0.15) is 33.4 Å². The molecule has 1 saturated heterocycles. The van der Waals surface area contributed by atoms with Crippen LogP contribution in [0.3, 0.4) is 0 Å². The molecule has 0 aliphatic carbocycles. The summed E-state index contributed by atoms with van der Waals surface area (Å²) in [6.45, 7) is 12.4. The van der Waals surface area contributed by atoms with Crippen LogP contribution in [-0.2, 0) is 13.1 Å². The van der Waals surface area contributed by atoms with Crippen LogP contribution in [0.4, 0.5) is 0 Å². The lowest BCUT2D eigenvalue weighted by molar-refractivity contribution is 0.0106. The van der Waals surface area contributed by atoms with Crippen molar-refractivity contribution < 1.29 is 0 Å². The molecule has 1 fully saturated rings. The standard InChI is InChI=1S/C21H29N3/c1-15-5-7-19(17(3)9-15)11-23-13-21(22)14-24(23)12-20-8-6-16(2)10-18(20)4/h5-10,21H,11-14,22H2,1-4H3. The van der Waals surface area contributed by atoms with Gasteiger partial charge in [-0.1, -0.05) is 47.5 Å². The Morgan fingerprint density at radius 2 is 1.21 bits per heavy atom. The van der Waals surface area contributed by atoms with E-state index in [0.717, 1.165) is 26.2 Å². The van der Waals surface area contributed by atoms with Crippen LogP contribution < -0.4 is 5.73 Å². The van der Waals surface area contributed by atoms with Crippen molar-refractivity contribution in [2.45, 2.75) is 46.8 Å². The predicted octanol–water partition coefficient (Wildman–Crippen LogP) is 3.48. The van der Waals surface area contributed by atoms with Gasteiger partial charge in [0.2, 0.25) is 0 Å². The Morgan fingerprint density at radius 1 is 0.792 bits per heavy atom. The van der Waals surface area contributed by atoms with E-state index in [-0.39, 0.29) is 6.04 Å². The lowest BCUT2D eigenvalue weighted by Gasteiger charge is -2.29. The van der Waals surface area contributed by atoms with Gasteiger partial charge in [0.25, 0.3) is 0 Å². The molecular weight excluding hydrogens is 294 g/mol. The van der Waals surface area contributed by atoms with E-state index >= 15 is 0 Å². The second-order valence-electron chi connectivity index (χ2n) is 7.31. The molecule has 0 atom stereocenters. The highest BCUT2D eigenvalue weighted by Gasteiger charge is 2.28. The Morgan fingerprint density at radius 3 is 1.58 bits per heavy atom. The third-order valence-electron chi connectivity index (χ3n) is 4.99. The van der Waals surface area contributed by atoms with Crippen LogP contribution in [0.25, 0.3) is 0 Å². The number of aryl methyl sites for hydroxylation is 4. The first-order valence-electron chi connectivity index (χ1n) is 8.80. The van der Waals surface area contributed by atoms with Gasteiger partial charge in [-0.3, -0.25) is 0 Å². The monoisotopic (exact) mass is 323 g/mol. The van der Waals surface area contributed by atoms with E-state index in [1.807, 2.05) is 0 Å². The summed E-state index contributed by atoms with van der Waals surface area (Å²) in [5, 5.41) is 4.84. The predicted molar refractivity (Wildman–Crippen MR) is 101 cm³/mol. The molecule has 1 heterocycles. The van der Waals surface area contributed by atoms with E-state index in [4.69, 9.17) is 5.73 Å². The fourth-order valence-electron chi connectivity index (χ4n) is 3.60. The van der Waals surface area contributed by atoms with Crippen LogP contribution in [0.15, 0.2) is 36.4 Å². The minimum Gasteiger partial charge on any atom is -0.325 e. The van der Waals surface area contributed by atoms with Gasteiger partial charge < -0.3 is 5.73 Å². The van der Waals surface area contributed by atoms with Gasteiger partial charge in [-0.05, 0) is 49.9 Å².